The van der Waals surface area contributed by atoms with E-state index in [4.69, 9.17) is 4.74 Å². The molecule has 142 valence electrons. The molecule has 0 amide bonds. The van der Waals surface area contributed by atoms with Crippen LogP contribution >= 0.6 is 0 Å². The third kappa shape index (κ3) is 2.71. The lowest BCUT2D eigenvalue weighted by Crippen LogP contribution is -2.31. The van der Waals surface area contributed by atoms with Gasteiger partial charge in [0.25, 0.3) is 0 Å². The first-order valence-corrected chi connectivity index (χ1v) is 9.90. The van der Waals surface area contributed by atoms with Gasteiger partial charge in [-0.1, -0.05) is 29.8 Å². The van der Waals surface area contributed by atoms with E-state index in [0.29, 0.717) is 18.1 Å². The Bertz CT molecular complexity index is 1030. The van der Waals surface area contributed by atoms with E-state index in [-0.39, 0.29) is 0 Å². The van der Waals surface area contributed by atoms with E-state index < -0.39 is 0 Å². The minimum atomic E-state index is 0.379. The second-order valence-corrected chi connectivity index (χ2v) is 7.84. The molecule has 1 fully saturated rings. The predicted molar refractivity (Wildman–Crippen MR) is 114 cm³/mol. The lowest BCUT2D eigenvalue weighted by atomic mass is 9.96. The van der Waals surface area contributed by atoms with Crippen molar-refractivity contribution in [3.8, 4) is 17.0 Å². The largest absolute Gasteiger partial charge is 0.481 e. The van der Waals surface area contributed by atoms with Crippen LogP contribution < -0.4 is 15.0 Å². The summed E-state index contributed by atoms with van der Waals surface area (Å²) >= 11 is 0. The van der Waals surface area contributed by atoms with Gasteiger partial charge in [-0.25, -0.2) is 4.98 Å². The first kappa shape index (κ1) is 17.1. The van der Waals surface area contributed by atoms with Crippen LogP contribution in [0.4, 0.5) is 11.4 Å². The number of hydrogen-bond donors (Lipinski definition) is 1. The van der Waals surface area contributed by atoms with Gasteiger partial charge in [0.15, 0.2) is 0 Å². The fourth-order valence-corrected chi connectivity index (χ4v) is 4.61. The van der Waals surface area contributed by atoms with E-state index in [1.54, 1.807) is 7.11 Å². The molecule has 28 heavy (non-hydrogen) atoms. The Morgan fingerprint density at radius 3 is 2.64 bits per heavy atom. The van der Waals surface area contributed by atoms with Crippen LogP contribution in [0.1, 0.15) is 35.6 Å². The van der Waals surface area contributed by atoms with E-state index in [1.165, 1.54) is 40.0 Å². The minimum Gasteiger partial charge on any atom is -0.481 e. The molecule has 3 aromatic rings. The normalized spacial score (nSPS) is 19.9. The Morgan fingerprint density at radius 2 is 1.86 bits per heavy atom. The summed E-state index contributed by atoms with van der Waals surface area (Å²) in [4.78, 5) is 6.95. The summed E-state index contributed by atoms with van der Waals surface area (Å²) in [5.74, 6) is 0.640. The predicted octanol–water partition coefficient (Wildman–Crippen LogP) is 5.47. The number of pyridine rings is 1. The molecule has 2 aromatic carbocycles. The van der Waals surface area contributed by atoms with Crippen LogP contribution in [0.15, 0.2) is 54.7 Å². The average molecular weight is 371 g/mol. The average Bonchev–Trinajstić information content (AvgIpc) is 3.29. The summed E-state index contributed by atoms with van der Waals surface area (Å²) in [5.41, 5.74) is 8.97. The van der Waals surface area contributed by atoms with Crippen molar-refractivity contribution in [3.05, 3.63) is 71.4 Å². The zero-order valence-corrected chi connectivity index (χ0v) is 16.6. The molecule has 0 saturated carbocycles. The summed E-state index contributed by atoms with van der Waals surface area (Å²) < 4.78 is 5.19. The molecule has 3 heterocycles. The SMILES string of the molecule is COc1ccc(-c2ccc3c(c2)N2C(CCC2c2cc(C)ccc2C)N3)cn1. The third-order valence-corrected chi connectivity index (χ3v) is 6.06. The van der Waals surface area contributed by atoms with Crippen LogP contribution in [-0.4, -0.2) is 18.3 Å². The van der Waals surface area contributed by atoms with Gasteiger partial charge in [0.1, 0.15) is 0 Å². The lowest BCUT2D eigenvalue weighted by molar-refractivity contribution is 0.398. The maximum Gasteiger partial charge on any atom is 0.212 e. The molecule has 2 aliphatic rings. The van der Waals surface area contributed by atoms with Gasteiger partial charge in [-0.15, -0.1) is 0 Å². The highest BCUT2D eigenvalue weighted by atomic mass is 16.5. The highest BCUT2D eigenvalue weighted by Gasteiger charge is 2.40. The molecular formula is C24H25N3O. The number of aryl methyl sites for hydroxylation is 2. The number of methoxy groups -OCH3 is 1. The Balaban J connectivity index is 1.54. The zero-order chi connectivity index (χ0) is 19.3. The number of nitrogens with one attached hydrogen (secondary N) is 1. The smallest absolute Gasteiger partial charge is 0.212 e. The molecule has 4 nitrogen and oxygen atoms in total. The number of nitrogens with zero attached hydrogens (tertiary/aromatic N) is 2. The van der Waals surface area contributed by atoms with E-state index in [2.05, 4.69) is 71.5 Å². The second kappa shape index (κ2) is 6.55. The molecule has 5 rings (SSSR count). The highest BCUT2D eigenvalue weighted by molar-refractivity contribution is 5.83. The van der Waals surface area contributed by atoms with E-state index >= 15 is 0 Å². The van der Waals surface area contributed by atoms with Gasteiger partial charge in [0, 0.05) is 17.8 Å². The molecule has 2 aliphatic heterocycles. The van der Waals surface area contributed by atoms with Crippen molar-refractivity contribution in [2.45, 2.75) is 38.9 Å². The van der Waals surface area contributed by atoms with Crippen molar-refractivity contribution in [2.24, 2.45) is 0 Å². The highest BCUT2D eigenvalue weighted by Crippen LogP contribution is 2.49. The van der Waals surface area contributed by atoms with Crippen molar-refractivity contribution in [1.82, 2.24) is 4.98 Å². The number of anilines is 2. The number of fused-ring (bicyclic) bond motifs is 3. The van der Waals surface area contributed by atoms with Crippen molar-refractivity contribution >= 4 is 11.4 Å². The van der Waals surface area contributed by atoms with Gasteiger partial charge in [-0.05, 0) is 61.6 Å². The van der Waals surface area contributed by atoms with Gasteiger partial charge in [-0.3, -0.25) is 0 Å². The number of aromatic nitrogens is 1. The maximum absolute atomic E-state index is 5.19. The van der Waals surface area contributed by atoms with Crippen molar-refractivity contribution in [1.29, 1.82) is 0 Å². The van der Waals surface area contributed by atoms with Crippen LogP contribution in [0.3, 0.4) is 0 Å². The molecule has 0 aliphatic carbocycles. The molecule has 4 heteroatoms. The molecule has 2 atom stereocenters. The number of hydrogen-bond acceptors (Lipinski definition) is 4. The Kier molecular flexibility index (Phi) is 4.00. The standard InChI is InChI=1S/C24H25N3O/c1-15-4-5-16(2)19(12-15)21-9-10-23-26-20-8-6-17(13-22(20)27(21)23)18-7-11-24(28-3)25-14-18/h4-8,11-14,21,23,26H,9-10H2,1-3H3. The van der Waals surface area contributed by atoms with Crippen LogP contribution in [0.2, 0.25) is 0 Å². The van der Waals surface area contributed by atoms with Crippen molar-refractivity contribution in [2.75, 3.05) is 17.3 Å². The first-order valence-electron chi connectivity index (χ1n) is 9.90. The molecule has 0 radical (unpaired) electrons. The summed E-state index contributed by atoms with van der Waals surface area (Å²) in [6.45, 7) is 4.41. The molecule has 2 unspecified atom stereocenters. The number of rotatable bonds is 3. The van der Waals surface area contributed by atoms with Crippen LogP contribution in [0, 0.1) is 13.8 Å². The first-order chi connectivity index (χ1) is 13.6. The van der Waals surface area contributed by atoms with Gasteiger partial charge in [0.2, 0.25) is 5.88 Å². The Labute approximate surface area is 166 Å². The van der Waals surface area contributed by atoms with Gasteiger partial charge in [0.05, 0.1) is 30.7 Å². The van der Waals surface area contributed by atoms with E-state index in [0.717, 1.165) is 12.0 Å². The second-order valence-electron chi connectivity index (χ2n) is 7.84. The monoisotopic (exact) mass is 371 g/mol. The summed E-state index contributed by atoms with van der Waals surface area (Å²) in [5, 5.41) is 3.72. The van der Waals surface area contributed by atoms with E-state index in [1.807, 2.05) is 12.3 Å². The van der Waals surface area contributed by atoms with Crippen molar-refractivity contribution in [3.63, 3.8) is 0 Å². The summed E-state index contributed by atoms with van der Waals surface area (Å²) in [6, 6.07) is 17.9. The van der Waals surface area contributed by atoms with Crippen LogP contribution in [-0.2, 0) is 0 Å². The van der Waals surface area contributed by atoms with E-state index in [9.17, 15) is 0 Å². The third-order valence-electron chi connectivity index (χ3n) is 6.06. The van der Waals surface area contributed by atoms with Gasteiger partial charge in [-0.2, -0.15) is 0 Å². The minimum absolute atomic E-state index is 0.379. The lowest BCUT2D eigenvalue weighted by Gasteiger charge is -2.28. The van der Waals surface area contributed by atoms with Crippen LogP contribution in [0.25, 0.3) is 11.1 Å². The van der Waals surface area contributed by atoms with Gasteiger partial charge >= 0.3 is 0 Å². The Hall–Kier alpha value is -3.01. The maximum atomic E-state index is 5.19. The fraction of sp³-hybridized carbons (Fsp3) is 0.292. The van der Waals surface area contributed by atoms with Crippen molar-refractivity contribution < 1.29 is 4.74 Å². The summed E-state index contributed by atoms with van der Waals surface area (Å²) in [6.07, 6.45) is 4.60. The number of benzene rings is 2. The molecular weight excluding hydrogens is 346 g/mol. The van der Waals surface area contributed by atoms with Gasteiger partial charge < -0.3 is 15.0 Å². The quantitative estimate of drug-likeness (QED) is 0.663. The zero-order valence-electron chi connectivity index (χ0n) is 16.6. The Morgan fingerprint density at radius 1 is 1.00 bits per heavy atom. The molecule has 0 spiro atoms. The summed E-state index contributed by atoms with van der Waals surface area (Å²) in [7, 11) is 1.64. The number of ether oxygens (including phenoxy) is 1. The molecule has 0 bridgehead atoms. The fourth-order valence-electron chi connectivity index (χ4n) is 4.61. The van der Waals surface area contributed by atoms with Crippen LogP contribution in [0.5, 0.6) is 5.88 Å². The molecule has 1 aromatic heterocycles. The topological polar surface area (TPSA) is 37.4 Å². The molecule has 1 saturated heterocycles. The molecule has 1 N–H and O–H groups in total.